The molecule has 0 radical (unpaired) electrons. The fraction of sp³-hybridized carbons (Fsp3) is 0.200. The molecular formula is C20H19FN4O4. The fourth-order valence-corrected chi connectivity index (χ4v) is 3.03. The lowest BCUT2D eigenvalue weighted by atomic mass is 10.2. The number of rotatable bonds is 5. The first-order valence-corrected chi connectivity index (χ1v) is 8.84. The van der Waals surface area contributed by atoms with Gasteiger partial charge in [-0.3, -0.25) is 24.2 Å². The summed E-state index contributed by atoms with van der Waals surface area (Å²) in [5.74, 6) is -1.90. The van der Waals surface area contributed by atoms with Gasteiger partial charge in [0.2, 0.25) is 5.91 Å². The number of carbonyl (C=O) groups excluding carboxylic acids is 4. The van der Waals surface area contributed by atoms with Crippen molar-refractivity contribution in [1.29, 1.82) is 0 Å². The van der Waals surface area contributed by atoms with Gasteiger partial charge in [-0.15, -0.1) is 0 Å². The molecule has 0 aliphatic carbocycles. The van der Waals surface area contributed by atoms with Crippen molar-refractivity contribution in [3.63, 3.8) is 0 Å². The van der Waals surface area contributed by atoms with E-state index in [-0.39, 0.29) is 5.91 Å². The average molecular weight is 398 g/mol. The summed E-state index contributed by atoms with van der Waals surface area (Å²) in [5, 5.41) is 5.06. The molecule has 1 aliphatic heterocycles. The number of amides is 5. The third kappa shape index (κ3) is 4.08. The van der Waals surface area contributed by atoms with Crippen LogP contribution in [0.3, 0.4) is 0 Å². The predicted octanol–water partition coefficient (Wildman–Crippen LogP) is 1.98. The molecule has 3 rings (SSSR count). The van der Waals surface area contributed by atoms with Crippen LogP contribution in [0.15, 0.2) is 48.5 Å². The van der Waals surface area contributed by atoms with Crippen LogP contribution in [0.5, 0.6) is 0 Å². The van der Waals surface area contributed by atoms with Crippen molar-refractivity contribution in [1.82, 2.24) is 10.2 Å². The van der Waals surface area contributed by atoms with Crippen molar-refractivity contribution in [3.8, 4) is 0 Å². The molecule has 1 unspecified atom stereocenters. The Kier molecular flexibility index (Phi) is 5.58. The highest BCUT2D eigenvalue weighted by atomic mass is 19.1. The maximum atomic E-state index is 13.1. The van der Waals surface area contributed by atoms with Crippen LogP contribution in [-0.2, 0) is 9.59 Å². The lowest BCUT2D eigenvalue weighted by Gasteiger charge is -2.19. The van der Waals surface area contributed by atoms with Crippen molar-refractivity contribution < 1.29 is 23.6 Å². The summed E-state index contributed by atoms with van der Waals surface area (Å²) in [6, 6.07) is 9.94. The first-order chi connectivity index (χ1) is 13.8. The molecule has 9 heteroatoms. The molecule has 0 bridgehead atoms. The van der Waals surface area contributed by atoms with Crippen molar-refractivity contribution in [2.24, 2.45) is 0 Å². The van der Waals surface area contributed by atoms with Crippen LogP contribution in [0.4, 0.5) is 20.6 Å². The molecule has 0 aromatic heterocycles. The summed E-state index contributed by atoms with van der Waals surface area (Å²) in [6.45, 7) is 1.05. The van der Waals surface area contributed by atoms with Gasteiger partial charge in [0.1, 0.15) is 18.4 Å². The number of anilines is 2. The Bertz CT molecular complexity index is 977. The Morgan fingerprint density at radius 1 is 1.10 bits per heavy atom. The number of nitrogens with zero attached hydrogens (tertiary/aromatic N) is 2. The first kappa shape index (κ1) is 20.0. The monoisotopic (exact) mass is 398 g/mol. The van der Waals surface area contributed by atoms with E-state index in [1.807, 2.05) is 0 Å². The van der Waals surface area contributed by atoms with Gasteiger partial charge in [0.05, 0.1) is 0 Å². The minimum atomic E-state index is -0.822. The summed E-state index contributed by atoms with van der Waals surface area (Å²) in [4.78, 5) is 51.3. The van der Waals surface area contributed by atoms with Crippen molar-refractivity contribution in [2.75, 3.05) is 23.8 Å². The van der Waals surface area contributed by atoms with Crippen molar-refractivity contribution in [3.05, 3.63) is 59.9 Å². The van der Waals surface area contributed by atoms with Gasteiger partial charge in [-0.25, -0.2) is 9.18 Å². The zero-order valence-electron chi connectivity index (χ0n) is 15.8. The zero-order valence-corrected chi connectivity index (χ0v) is 15.8. The van der Waals surface area contributed by atoms with Gasteiger partial charge in [-0.2, -0.15) is 0 Å². The van der Waals surface area contributed by atoms with E-state index in [1.54, 1.807) is 18.2 Å². The van der Waals surface area contributed by atoms with Crippen LogP contribution >= 0.6 is 0 Å². The van der Waals surface area contributed by atoms with E-state index < -0.39 is 36.2 Å². The Morgan fingerprint density at radius 3 is 2.45 bits per heavy atom. The molecule has 1 fully saturated rings. The number of benzene rings is 2. The molecule has 8 nitrogen and oxygen atoms in total. The molecule has 150 valence electrons. The van der Waals surface area contributed by atoms with Gasteiger partial charge in [0.15, 0.2) is 0 Å². The third-order valence-corrected chi connectivity index (χ3v) is 4.49. The number of nitrogens with one attached hydrogen (secondary N) is 2. The van der Waals surface area contributed by atoms with E-state index in [9.17, 15) is 23.6 Å². The second-order valence-corrected chi connectivity index (χ2v) is 6.44. The average Bonchev–Trinajstić information content (AvgIpc) is 2.91. The van der Waals surface area contributed by atoms with Crippen LogP contribution < -0.4 is 15.5 Å². The number of halogens is 1. The Hall–Kier alpha value is -3.75. The Morgan fingerprint density at radius 2 is 1.79 bits per heavy atom. The highest BCUT2D eigenvalue weighted by Crippen LogP contribution is 2.26. The first-order valence-electron chi connectivity index (χ1n) is 8.84. The number of imide groups is 1. The summed E-state index contributed by atoms with van der Waals surface area (Å²) in [5.41, 5.74) is 1.08. The fourth-order valence-electron chi connectivity index (χ4n) is 3.03. The SMILES string of the molecule is CNC(=O)c1cccc(NC(=O)CN2C(=O)C(C)N(c3ccc(F)cc3)C2=O)c1. The molecule has 2 N–H and O–H groups in total. The summed E-state index contributed by atoms with van der Waals surface area (Å²) < 4.78 is 13.1. The topological polar surface area (TPSA) is 98.8 Å². The van der Waals surface area contributed by atoms with Crippen LogP contribution in [0.2, 0.25) is 0 Å². The van der Waals surface area contributed by atoms with Crippen LogP contribution in [0.25, 0.3) is 0 Å². The normalized spacial score (nSPS) is 16.2. The van der Waals surface area contributed by atoms with Gasteiger partial charge in [-0.1, -0.05) is 6.07 Å². The second-order valence-electron chi connectivity index (χ2n) is 6.44. The molecule has 0 spiro atoms. The molecule has 1 heterocycles. The minimum Gasteiger partial charge on any atom is -0.355 e. The van der Waals surface area contributed by atoms with E-state index in [2.05, 4.69) is 10.6 Å². The van der Waals surface area contributed by atoms with Crippen LogP contribution in [0, 0.1) is 5.82 Å². The summed E-state index contributed by atoms with van der Waals surface area (Å²) in [7, 11) is 1.49. The standard InChI is InChI=1S/C20H19FN4O4/c1-12-19(28)24(20(29)25(12)16-8-6-14(21)7-9-16)11-17(26)23-15-5-3-4-13(10-15)18(27)22-2/h3-10,12H,11H2,1-2H3,(H,22,27)(H,23,26). The molecule has 1 aliphatic rings. The zero-order chi connectivity index (χ0) is 21.1. The molecule has 2 aromatic rings. The number of carbonyl (C=O) groups is 4. The van der Waals surface area contributed by atoms with Crippen LogP contribution in [0.1, 0.15) is 17.3 Å². The molecule has 1 saturated heterocycles. The smallest absolute Gasteiger partial charge is 0.332 e. The molecule has 29 heavy (non-hydrogen) atoms. The van der Waals surface area contributed by atoms with E-state index in [0.717, 1.165) is 4.90 Å². The minimum absolute atomic E-state index is 0.310. The van der Waals surface area contributed by atoms with E-state index in [1.165, 1.54) is 49.2 Å². The Balaban J connectivity index is 1.72. The Labute approximate surface area is 166 Å². The highest BCUT2D eigenvalue weighted by molar-refractivity contribution is 6.16. The van der Waals surface area contributed by atoms with Gasteiger partial charge in [0, 0.05) is 24.0 Å². The quantitative estimate of drug-likeness (QED) is 0.753. The largest absolute Gasteiger partial charge is 0.355 e. The lowest BCUT2D eigenvalue weighted by Crippen LogP contribution is -2.39. The maximum absolute atomic E-state index is 13.1. The van der Waals surface area contributed by atoms with E-state index in [0.29, 0.717) is 16.9 Å². The molecule has 2 aromatic carbocycles. The maximum Gasteiger partial charge on any atom is 0.332 e. The van der Waals surface area contributed by atoms with E-state index >= 15 is 0 Å². The highest BCUT2D eigenvalue weighted by Gasteiger charge is 2.44. The molecular weight excluding hydrogens is 379 g/mol. The molecule has 1 atom stereocenters. The third-order valence-electron chi connectivity index (χ3n) is 4.49. The summed E-state index contributed by atoms with van der Waals surface area (Å²) >= 11 is 0. The van der Waals surface area contributed by atoms with Gasteiger partial charge in [0.25, 0.3) is 11.8 Å². The number of hydrogen-bond acceptors (Lipinski definition) is 4. The second kappa shape index (κ2) is 8.09. The van der Waals surface area contributed by atoms with Gasteiger partial charge < -0.3 is 10.6 Å². The summed E-state index contributed by atoms with van der Waals surface area (Å²) in [6.07, 6.45) is 0. The van der Waals surface area contributed by atoms with Crippen LogP contribution in [-0.4, -0.2) is 48.3 Å². The van der Waals surface area contributed by atoms with Crippen molar-refractivity contribution in [2.45, 2.75) is 13.0 Å². The van der Waals surface area contributed by atoms with E-state index in [4.69, 9.17) is 0 Å². The number of urea groups is 1. The lowest BCUT2D eigenvalue weighted by molar-refractivity contribution is -0.130. The molecule has 0 saturated carbocycles. The number of hydrogen-bond donors (Lipinski definition) is 2. The van der Waals surface area contributed by atoms with Crippen molar-refractivity contribution >= 4 is 35.1 Å². The van der Waals surface area contributed by atoms with Gasteiger partial charge in [-0.05, 0) is 49.4 Å². The molecule has 5 amide bonds. The predicted molar refractivity (Wildman–Crippen MR) is 104 cm³/mol. The van der Waals surface area contributed by atoms with Gasteiger partial charge >= 0.3 is 6.03 Å².